The van der Waals surface area contributed by atoms with E-state index in [1.807, 2.05) is 18.2 Å². The van der Waals surface area contributed by atoms with Gasteiger partial charge in [0, 0.05) is 11.6 Å². The van der Waals surface area contributed by atoms with Gasteiger partial charge in [-0.05, 0) is 25.1 Å². The minimum Gasteiger partial charge on any atom is -0.339 e. The van der Waals surface area contributed by atoms with Gasteiger partial charge in [-0.15, -0.1) is 0 Å². The quantitative estimate of drug-likeness (QED) is 0.683. The first-order valence-corrected chi connectivity index (χ1v) is 7.11. The minimum atomic E-state index is -0.722. The number of para-hydroxylation sites is 1. The van der Waals surface area contributed by atoms with E-state index in [4.69, 9.17) is 0 Å². The van der Waals surface area contributed by atoms with Gasteiger partial charge in [-0.3, -0.25) is 14.7 Å². The summed E-state index contributed by atoms with van der Waals surface area (Å²) in [4.78, 5) is 28.4. The first-order valence-electron chi connectivity index (χ1n) is 7.11. The number of pyridine rings is 1. The second kappa shape index (κ2) is 6.27. The van der Waals surface area contributed by atoms with Crippen molar-refractivity contribution >= 4 is 28.5 Å². The van der Waals surface area contributed by atoms with Crippen LogP contribution in [-0.2, 0) is 4.79 Å². The average molecular weight is 309 g/mol. The Hall–Kier alpha value is -3.22. The second-order valence-corrected chi connectivity index (χ2v) is 5.02. The van der Waals surface area contributed by atoms with E-state index >= 15 is 0 Å². The van der Waals surface area contributed by atoms with Crippen LogP contribution in [0.25, 0.3) is 10.9 Å². The van der Waals surface area contributed by atoms with Crippen molar-refractivity contribution in [2.24, 2.45) is 0 Å². The zero-order chi connectivity index (χ0) is 16.2. The number of amides is 2. The molecule has 2 amide bonds. The predicted molar refractivity (Wildman–Crippen MR) is 85.9 cm³/mol. The van der Waals surface area contributed by atoms with Gasteiger partial charge in [0.15, 0.2) is 5.69 Å². The maximum atomic E-state index is 12.3. The number of hydrogen-bond donors (Lipinski definition) is 3. The molecule has 1 atom stereocenters. The topological polar surface area (TPSA) is 99.8 Å². The summed E-state index contributed by atoms with van der Waals surface area (Å²) in [5, 5.41) is 12.8. The van der Waals surface area contributed by atoms with Crippen LogP contribution in [0.2, 0.25) is 0 Å². The molecule has 7 nitrogen and oxygen atoms in total. The van der Waals surface area contributed by atoms with Crippen LogP contribution in [-0.4, -0.2) is 33.0 Å². The summed E-state index contributed by atoms with van der Waals surface area (Å²) in [5.74, 6) is -0.327. The van der Waals surface area contributed by atoms with Crippen molar-refractivity contribution < 1.29 is 9.59 Å². The van der Waals surface area contributed by atoms with E-state index in [2.05, 4.69) is 25.8 Å². The largest absolute Gasteiger partial charge is 0.339 e. The van der Waals surface area contributed by atoms with Gasteiger partial charge in [-0.1, -0.05) is 24.3 Å². The summed E-state index contributed by atoms with van der Waals surface area (Å²) in [5.41, 5.74) is 1.03. The van der Waals surface area contributed by atoms with Crippen LogP contribution in [0.4, 0.5) is 5.82 Å². The molecule has 0 saturated heterocycles. The lowest BCUT2D eigenvalue weighted by molar-refractivity contribution is -0.117. The first-order chi connectivity index (χ1) is 11.1. The molecule has 0 aliphatic rings. The highest BCUT2D eigenvalue weighted by Gasteiger charge is 2.20. The molecule has 1 aromatic carbocycles. The van der Waals surface area contributed by atoms with Crippen LogP contribution < -0.4 is 10.6 Å². The van der Waals surface area contributed by atoms with Gasteiger partial charge in [0.1, 0.15) is 11.9 Å². The van der Waals surface area contributed by atoms with E-state index in [1.54, 1.807) is 37.4 Å². The molecule has 0 fully saturated rings. The number of H-pyrrole nitrogens is 1. The number of anilines is 1. The lowest BCUT2D eigenvalue weighted by Crippen LogP contribution is -2.41. The van der Waals surface area contributed by atoms with Crippen molar-refractivity contribution in [2.75, 3.05) is 5.32 Å². The normalized spacial score (nSPS) is 11.9. The summed E-state index contributed by atoms with van der Waals surface area (Å²) in [7, 11) is 0. The van der Waals surface area contributed by atoms with E-state index in [9.17, 15) is 9.59 Å². The van der Waals surface area contributed by atoms with Crippen molar-refractivity contribution in [1.29, 1.82) is 0 Å². The monoisotopic (exact) mass is 309 g/mol. The second-order valence-electron chi connectivity index (χ2n) is 5.02. The maximum Gasteiger partial charge on any atom is 0.273 e. The molecule has 3 rings (SSSR count). The number of rotatable bonds is 4. The number of aromatic amines is 1. The molecule has 0 spiro atoms. The number of benzene rings is 1. The standard InChI is InChI=1S/C16H15N5O2/c1-10(15(22)19-13-8-4-5-9-17-13)18-16(23)14-11-6-2-3-7-12(11)20-21-14/h2-10H,1H3,(H,18,23)(H,20,21)(H,17,19,22). The number of nitrogens with zero attached hydrogens (tertiary/aromatic N) is 2. The Kier molecular flexibility index (Phi) is 4.01. The smallest absolute Gasteiger partial charge is 0.273 e. The third-order valence-electron chi connectivity index (χ3n) is 3.34. The SMILES string of the molecule is CC(NC(=O)c1n[nH]c2ccccc12)C(=O)Nc1ccccn1. The van der Waals surface area contributed by atoms with Gasteiger partial charge in [0.25, 0.3) is 5.91 Å². The number of fused-ring (bicyclic) bond motifs is 1. The molecule has 23 heavy (non-hydrogen) atoms. The molecular formula is C16H15N5O2. The summed E-state index contributed by atoms with van der Waals surface area (Å²) in [6.45, 7) is 1.60. The highest BCUT2D eigenvalue weighted by atomic mass is 16.2. The van der Waals surface area contributed by atoms with Gasteiger partial charge in [0.05, 0.1) is 5.52 Å². The fraction of sp³-hybridized carbons (Fsp3) is 0.125. The van der Waals surface area contributed by atoms with Crippen LogP contribution >= 0.6 is 0 Å². The molecule has 7 heteroatoms. The van der Waals surface area contributed by atoms with Gasteiger partial charge in [-0.2, -0.15) is 5.10 Å². The number of carbonyl (C=O) groups excluding carboxylic acids is 2. The Morgan fingerprint density at radius 2 is 1.91 bits per heavy atom. The fourth-order valence-corrected chi connectivity index (χ4v) is 2.14. The molecule has 0 aliphatic carbocycles. The zero-order valence-electron chi connectivity index (χ0n) is 12.4. The van der Waals surface area contributed by atoms with E-state index in [0.717, 1.165) is 5.52 Å². The molecule has 0 radical (unpaired) electrons. The predicted octanol–water partition coefficient (Wildman–Crippen LogP) is 1.71. The Bertz CT molecular complexity index is 844. The molecular weight excluding hydrogens is 294 g/mol. The first kappa shape index (κ1) is 14.7. The molecule has 0 bridgehead atoms. The summed E-state index contributed by atoms with van der Waals surface area (Å²) < 4.78 is 0. The summed E-state index contributed by atoms with van der Waals surface area (Å²) >= 11 is 0. The Morgan fingerprint density at radius 1 is 1.13 bits per heavy atom. The minimum absolute atomic E-state index is 0.262. The van der Waals surface area contributed by atoms with Crippen LogP contribution in [0.3, 0.4) is 0 Å². The molecule has 0 saturated carbocycles. The third-order valence-corrected chi connectivity index (χ3v) is 3.34. The molecule has 0 aliphatic heterocycles. The van der Waals surface area contributed by atoms with E-state index in [0.29, 0.717) is 11.2 Å². The molecule has 3 N–H and O–H groups in total. The Labute approximate surface area is 132 Å². The van der Waals surface area contributed by atoms with E-state index < -0.39 is 11.9 Å². The van der Waals surface area contributed by atoms with Gasteiger partial charge in [0.2, 0.25) is 5.91 Å². The van der Waals surface area contributed by atoms with Gasteiger partial charge in [-0.25, -0.2) is 4.98 Å². The lowest BCUT2D eigenvalue weighted by Gasteiger charge is -2.13. The van der Waals surface area contributed by atoms with Crippen molar-refractivity contribution in [1.82, 2.24) is 20.5 Å². The number of aromatic nitrogens is 3. The van der Waals surface area contributed by atoms with Crippen molar-refractivity contribution in [3.63, 3.8) is 0 Å². The molecule has 2 aromatic heterocycles. The lowest BCUT2D eigenvalue weighted by atomic mass is 10.2. The molecule has 116 valence electrons. The van der Waals surface area contributed by atoms with Gasteiger partial charge < -0.3 is 10.6 Å². The van der Waals surface area contributed by atoms with E-state index in [1.165, 1.54) is 0 Å². The van der Waals surface area contributed by atoms with Gasteiger partial charge >= 0.3 is 0 Å². The number of hydrogen-bond acceptors (Lipinski definition) is 4. The van der Waals surface area contributed by atoms with Crippen LogP contribution in [0.1, 0.15) is 17.4 Å². The zero-order valence-corrected chi connectivity index (χ0v) is 12.4. The molecule has 3 aromatic rings. The van der Waals surface area contributed by atoms with Crippen molar-refractivity contribution in [3.8, 4) is 0 Å². The number of nitrogens with one attached hydrogen (secondary N) is 3. The van der Waals surface area contributed by atoms with Crippen LogP contribution in [0.15, 0.2) is 48.7 Å². The third kappa shape index (κ3) is 3.18. The maximum absolute atomic E-state index is 12.3. The average Bonchev–Trinajstić information content (AvgIpc) is 2.99. The molecule has 1 unspecified atom stereocenters. The highest BCUT2D eigenvalue weighted by molar-refractivity contribution is 6.06. The van der Waals surface area contributed by atoms with E-state index in [-0.39, 0.29) is 11.6 Å². The van der Waals surface area contributed by atoms with Crippen LogP contribution in [0, 0.1) is 0 Å². The van der Waals surface area contributed by atoms with Crippen LogP contribution in [0.5, 0.6) is 0 Å². The van der Waals surface area contributed by atoms with Crippen molar-refractivity contribution in [3.05, 3.63) is 54.4 Å². The Morgan fingerprint density at radius 3 is 2.70 bits per heavy atom. The number of carbonyl (C=O) groups is 2. The highest BCUT2D eigenvalue weighted by Crippen LogP contribution is 2.15. The summed E-state index contributed by atoms with van der Waals surface area (Å²) in [6, 6.07) is 11.8. The fourth-order valence-electron chi connectivity index (χ4n) is 2.14. The summed E-state index contributed by atoms with van der Waals surface area (Å²) in [6.07, 6.45) is 1.58. The Balaban J connectivity index is 1.68. The molecule has 2 heterocycles. The van der Waals surface area contributed by atoms with Crippen molar-refractivity contribution in [2.45, 2.75) is 13.0 Å².